The number of hydrogen-bond donors (Lipinski definition) is 3. The second-order valence-electron chi connectivity index (χ2n) is 5.07. The fraction of sp³-hybridized carbons (Fsp3) is 0.786. The number of aliphatic hydroxyl groups is 1. The summed E-state index contributed by atoms with van der Waals surface area (Å²) in [4.78, 5) is 32.8. The standard InChI is InChI=1S/C14H24O7.Na.H/c1-2-3-4-5-6-7-8-21-12(17)10-14(20,13(18)19)9-11(15)16;;/h20H,2-10H2,1H3,(H,15,16)(H,18,19);;. The van der Waals surface area contributed by atoms with Crippen LogP contribution in [0.2, 0.25) is 0 Å². The molecule has 0 fully saturated rings. The van der Waals surface area contributed by atoms with Gasteiger partial charge in [-0.2, -0.15) is 0 Å². The monoisotopic (exact) mass is 328 g/mol. The maximum atomic E-state index is 11.4. The van der Waals surface area contributed by atoms with Gasteiger partial charge in [0.05, 0.1) is 19.4 Å². The van der Waals surface area contributed by atoms with Crippen molar-refractivity contribution >= 4 is 47.5 Å². The summed E-state index contributed by atoms with van der Waals surface area (Å²) in [5.41, 5.74) is -2.62. The number of aliphatic carboxylic acids is 2. The number of ether oxygens (including phenoxy) is 1. The molecule has 124 valence electrons. The van der Waals surface area contributed by atoms with Crippen molar-refractivity contribution < 1.29 is 34.4 Å². The van der Waals surface area contributed by atoms with Crippen LogP contribution in [0.3, 0.4) is 0 Å². The van der Waals surface area contributed by atoms with Gasteiger partial charge in [0, 0.05) is 0 Å². The second-order valence-corrected chi connectivity index (χ2v) is 5.07. The fourth-order valence-electron chi connectivity index (χ4n) is 1.82. The summed E-state index contributed by atoms with van der Waals surface area (Å²) in [5.74, 6) is -4.15. The predicted octanol–water partition coefficient (Wildman–Crippen LogP) is 0.922. The zero-order valence-electron chi connectivity index (χ0n) is 12.3. The van der Waals surface area contributed by atoms with E-state index in [0.29, 0.717) is 6.42 Å². The average molecular weight is 328 g/mol. The Morgan fingerprint density at radius 2 is 1.50 bits per heavy atom. The molecule has 0 spiro atoms. The third-order valence-electron chi connectivity index (χ3n) is 3.04. The summed E-state index contributed by atoms with van der Waals surface area (Å²) in [6.07, 6.45) is 4.14. The Morgan fingerprint density at radius 1 is 0.955 bits per heavy atom. The van der Waals surface area contributed by atoms with Gasteiger partial charge in [0.15, 0.2) is 5.60 Å². The van der Waals surface area contributed by atoms with E-state index in [1.165, 1.54) is 6.42 Å². The van der Waals surface area contributed by atoms with Gasteiger partial charge in [0.2, 0.25) is 0 Å². The normalized spacial score (nSPS) is 12.8. The Kier molecular flexibility index (Phi) is 13.8. The summed E-state index contributed by atoms with van der Waals surface area (Å²) < 4.78 is 4.82. The third kappa shape index (κ3) is 11.0. The van der Waals surface area contributed by atoms with Gasteiger partial charge in [-0.15, -0.1) is 0 Å². The van der Waals surface area contributed by atoms with Crippen molar-refractivity contribution in [2.75, 3.05) is 6.61 Å². The molecule has 0 aliphatic carbocycles. The van der Waals surface area contributed by atoms with Crippen molar-refractivity contribution in [3.05, 3.63) is 0 Å². The zero-order chi connectivity index (χ0) is 16.3. The van der Waals surface area contributed by atoms with Crippen LogP contribution in [0.5, 0.6) is 0 Å². The topological polar surface area (TPSA) is 121 Å². The quantitative estimate of drug-likeness (QED) is 0.277. The van der Waals surface area contributed by atoms with Crippen molar-refractivity contribution in [2.24, 2.45) is 0 Å². The number of carbonyl (C=O) groups excluding carboxylic acids is 1. The van der Waals surface area contributed by atoms with Gasteiger partial charge in [-0.25, -0.2) is 4.79 Å². The molecular weight excluding hydrogens is 303 g/mol. The fourth-order valence-corrected chi connectivity index (χ4v) is 1.82. The summed E-state index contributed by atoms with van der Waals surface area (Å²) >= 11 is 0. The predicted molar refractivity (Wildman–Crippen MR) is 80.9 cm³/mol. The first-order chi connectivity index (χ1) is 9.81. The second kappa shape index (κ2) is 12.9. The zero-order valence-corrected chi connectivity index (χ0v) is 12.3. The molecule has 0 saturated heterocycles. The molecule has 1 unspecified atom stereocenters. The Balaban J connectivity index is 0. The number of carbonyl (C=O) groups is 3. The van der Waals surface area contributed by atoms with E-state index in [4.69, 9.17) is 14.9 Å². The van der Waals surface area contributed by atoms with Crippen LogP contribution in [-0.4, -0.2) is 75.0 Å². The minimum atomic E-state index is -2.62. The Hall–Kier alpha value is -0.630. The van der Waals surface area contributed by atoms with Crippen LogP contribution in [0.1, 0.15) is 58.3 Å². The van der Waals surface area contributed by atoms with Crippen LogP contribution >= 0.6 is 0 Å². The molecule has 8 heteroatoms. The number of unbranched alkanes of at least 4 members (excludes halogenated alkanes) is 5. The molecule has 0 rings (SSSR count). The van der Waals surface area contributed by atoms with Crippen LogP contribution < -0.4 is 0 Å². The summed E-state index contributed by atoms with van der Waals surface area (Å²) in [7, 11) is 0. The molecule has 3 N–H and O–H groups in total. The van der Waals surface area contributed by atoms with Crippen molar-refractivity contribution in [2.45, 2.75) is 63.9 Å². The van der Waals surface area contributed by atoms with Gasteiger partial charge in [-0.3, -0.25) is 9.59 Å². The molecule has 0 aliphatic heterocycles. The molecule has 0 aromatic rings. The van der Waals surface area contributed by atoms with Crippen molar-refractivity contribution in [3.63, 3.8) is 0 Å². The number of rotatable bonds is 12. The molecule has 22 heavy (non-hydrogen) atoms. The Morgan fingerprint density at radius 3 is 2.00 bits per heavy atom. The van der Waals surface area contributed by atoms with Gasteiger partial charge < -0.3 is 20.1 Å². The van der Waals surface area contributed by atoms with E-state index >= 15 is 0 Å². The van der Waals surface area contributed by atoms with Crippen LogP contribution in [0.4, 0.5) is 0 Å². The Labute approximate surface area is 152 Å². The van der Waals surface area contributed by atoms with E-state index in [1.54, 1.807) is 0 Å². The molecule has 0 aliphatic rings. The van der Waals surface area contributed by atoms with Crippen LogP contribution in [-0.2, 0) is 19.1 Å². The average Bonchev–Trinajstić information content (AvgIpc) is 2.36. The number of carboxylic acids is 2. The first-order valence-electron chi connectivity index (χ1n) is 7.15. The number of hydrogen-bond acceptors (Lipinski definition) is 5. The molecule has 0 radical (unpaired) electrons. The molecule has 0 heterocycles. The van der Waals surface area contributed by atoms with E-state index in [2.05, 4.69) is 6.92 Å². The number of carboxylic acid groups (broad SMARTS) is 2. The van der Waals surface area contributed by atoms with Crippen molar-refractivity contribution in [3.8, 4) is 0 Å². The summed E-state index contributed by atoms with van der Waals surface area (Å²) in [5, 5.41) is 27.0. The first kappa shape index (κ1) is 23.6. The van der Waals surface area contributed by atoms with E-state index in [9.17, 15) is 19.5 Å². The van der Waals surface area contributed by atoms with Gasteiger partial charge >= 0.3 is 47.5 Å². The number of esters is 1. The molecule has 0 aromatic heterocycles. The van der Waals surface area contributed by atoms with Crippen LogP contribution in [0, 0.1) is 0 Å². The van der Waals surface area contributed by atoms with Crippen LogP contribution in [0.25, 0.3) is 0 Å². The molecule has 0 bridgehead atoms. The molecule has 0 aromatic carbocycles. The van der Waals surface area contributed by atoms with Crippen molar-refractivity contribution in [1.29, 1.82) is 0 Å². The van der Waals surface area contributed by atoms with Gasteiger partial charge in [-0.1, -0.05) is 39.0 Å². The van der Waals surface area contributed by atoms with Crippen LogP contribution in [0.15, 0.2) is 0 Å². The molecule has 0 saturated carbocycles. The maximum absolute atomic E-state index is 11.4. The molecule has 0 amide bonds. The van der Waals surface area contributed by atoms with E-state index in [-0.39, 0.29) is 36.2 Å². The minimum absolute atomic E-state index is 0. The summed E-state index contributed by atoms with van der Waals surface area (Å²) in [6.45, 7) is 2.26. The Bertz CT molecular complexity index is 359. The molecular formula is C14H25NaO7. The van der Waals surface area contributed by atoms with Gasteiger partial charge in [0.1, 0.15) is 0 Å². The van der Waals surface area contributed by atoms with E-state index in [1.807, 2.05) is 0 Å². The van der Waals surface area contributed by atoms with Gasteiger partial charge in [-0.05, 0) is 6.42 Å². The van der Waals surface area contributed by atoms with E-state index in [0.717, 1.165) is 25.7 Å². The molecule has 1 atom stereocenters. The van der Waals surface area contributed by atoms with E-state index < -0.39 is 36.4 Å². The van der Waals surface area contributed by atoms with Crippen molar-refractivity contribution in [1.82, 2.24) is 0 Å². The third-order valence-corrected chi connectivity index (χ3v) is 3.04. The SMILES string of the molecule is CCCCCCCCOC(=O)CC(O)(CC(=O)O)C(=O)O.[NaH]. The summed E-state index contributed by atoms with van der Waals surface area (Å²) in [6, 6.07) is 0. The molecule has 7 nitrogen and oxygen atoms in total. The first-order valence-corrected chi connectivity index (χ1v) is 7.15. The van der Waals surface area contributed by atoms with Gasteiger partial charge in [0.25, 0.3) is 0 Å².